The minimum atomic E-state index is -5.32. The molecule has 1 aliphatic heterocycles. The fourth-order valence-electron chi connectivity index (χ4n) is 4.82. The lowest BCUT2D eigenvalue weighted by atomic mass is 9.83. The van der Waals surface area contributed by atoms with Crippen LogP contribution >= 0.6 is 0 Å². The number of nitrogens with zero attached hydrogens (tertiary/aromatic N) is 2. The average molecular weight is 588 g/mol. The number of amides is 1. The molecule has 0 bridgehead atoms. The van der Waals surface area contributed by atoms with Crippen molar-refractivity contribution < 1.29 is 41.3 Å². The van der Waals surface area contributed by atoms with Crippen LogP contribution in [0.1, 0.15) is 34.1 Å². The highest BCUT2D eigenvalue weighted by Crippen LogP contribution is 2.48. The zero-order valence-electron chi connectivity index (χ0n) is 22.8. The van der Waals surface area contributed by atoms with Gasteiger partial charge in [0, 0.05) is 28.3 Å². The van der Waals surface area contributed by atoms with E-state index in [2.05, 4.69) is 15.3 Å². The largest absolute Gasteiger partial charge is 0.494 e. The summed E-state index contributed by atoms with van der Waals surface area (Å²) in [5.74, 6) is -1.24. The van der Waals surface area contributed by atoms with Crippen LogP contribution in [0.3, 0.4) is 0 Å². The Kier molecular flexibility index (Phi) is 7.30. The van der Waals surface area contributed by atoms with Crippen LogP contribution in [0.15, 0.2) is 54.7 Å². The lowest BCUT2D eigenvalue weighted by molar-refractivity contribution is -0.265. The van der Waals surface area contributed by atoms with Crippen molar-refractivity contribution in [3.05, 3.63) is 82.9 Å². The van der Waals surface area contributed by atoms with Crippen molar-refractivity contribution in [2.45, 2.75) is 31.0 Å². The second-order valence-electron chi connectivity index (χ2n) is 10.5. The van der Waals surface area contributed by atoms with Gasteiger partial charge in [-0.15, -0.1) is 0 Å². The summed E-state index contributed by atoms with van der Waals surface area (Å²) in [4.78, 5) is 21.5. The lowest BCUT2D eigenvalue weighted by Gasteiger charge is -2.31. The summed E-state index contributed by atoms with van der Waals surface area (Å²) in [6.45, 7) is 0.791. The molecule has 0 radical (unpaired) electrons. The number of benzene rings is 2. The van der Waals surface area contributed by atoms with Gasteiger partial charge in [-0.2, -0.15) is 13.2 Å². The molecular weight excluding hydrogens is 561 g/mol. The molecular formula is C30H26F5N3O4. The number of ether oxygens (including phenoxy) is 2. The maximum atomic E-state index is 14.6. The maximum absolute atomic E-state index is 14.6. The zero-order chi connectivity index (χ0) is 30.4. The molecule has 0 saturated carbocycles. The van der Waals surface area contributed by atoms with Gasteiger partial charge in [0.1, 0.15) is 41.8 Å². The molecule has 0 unspecified atom stereocenters. The topological polar surface area (TPSA) is 93.6 Å². The van der Waals surface area contributed by atoms with E-state index in [0.717, 1.165) is 23.8 Å². The van der Waals surface area contributed by atoms with Crippen molar-refractivity contribution >= 4 is 16.8 Å². The number of aryl methyl sites for hydroxylation is 1. The number of alkyl halides is 4. The summed E-state index contributed by atoms with van der Waals surface area (Å²) in [5.41, 5.74) is -4.55. The zero-order valence-corrected chi connectivity index (χ0v) is 22.8. The van der Waals surface area contributed by atoms with E-state index >= 15 is 0 Å². The highest BCUT2D eigenvalue weighted by Gasteiger charge is 2.57. The molecule has 2 N–H and O–H groups in total. The van der Waals surface area contributed by atoms with Crippen molar-refractivity contribution in [2.75, 3.05) is 26.9 Å². The molecule has 220 valence electrons. The first-order valence-electron chi connectivity index (χ1n) is 12.8. The Morgan fingerprint density at radius 2 is 1.88 bits per heavy atom. The molecule has 2 aromatic carbocycles. The minimum Gasteiger partial charge on any atom is -0.494 e. The van der Waals surface area contributed by atoms with Gasteiger partial charge >= 0.3 is 6.18 Å². The number of fused-ring (bicyclic) bond motifs is 2. The number of nitrogens with one attached hydrogen (secondary N) is 1. The van der Waals surface area contributed by atoms with E-state index in [1.54, 1.807) is 19.2 Å². The Labute approximate surface area is 237 Å². The molecule has 0 aliphatic carbocycles. The van der Waals surface area contributed by atoms with E-state index in [0.29, 0.717) is 10.9 Å². The van der Waals surface area contributed by atoms with Crippen LogP contribution in [-0.2, 0) is 11.0 Å². The molecule has 42 heavy (non-hydrogen) atoms. The molecule has 0 spiro atoms. The van der Waals surface area contributed by atoms with E-state index in [4.69, 9.17) is 9.47 Å². The van der Waals surface area contributed by atoms with Gasteiger partial charge in [-0.1, -0.05) is 0 Å². The van der Waals surface area contributed by atoms with Crippen LogP contribution in [0.25, 0.3) is 22.2 Å². The van der Waals surface area contributed by atoms with Crippen molar-refractivity contribution in [3.63, 3.8) is 0 Å². The molecule has 7 nitrogen and oxygen atoms in total. The molecule has 2 aromatic heterocycles. The number of aromatic nitrogens is 2. The smallest absolute Gasteiger partial charge is 0.424 e. The molecule has 0 saturated heterocycles. The molecule has 0 fully saturated rings. The third-order valence-corrected chi connectivity index (χ3v) is 7.34. The van der Waals surface area contributed by atoms with Crippen LogP contribution in [0, 0.1) is 12.7 Å². The van der Waals surface area contributed by atoms with Gasteiger partial charge in [0.2, 0.25) is 5.60 Å². The quantitative estimate of drug-likeness (QED) is 0.276. The van der Waals surface area contributed by atoms with Crippen molar-refractivity contribution in [2.24, 2.45) is 0 Å². The summed E-state index contributed by atoms with van der Waals surface area (Å²) >= 11 is 0. The molecule has 12 heteroatoms. The standard InChI is InChI=1S/C30H26F5N3O4/c1-16-8-18-9-19(10-22(41-3)24(18)36-12-16)27(39)37-14-29(40,30(33,34)35)23-11-21-26(42-15-28(21,2)13-31)25(38-23)17-4-6-20(32)7-5-17/h4-12,40H,13-15H2,1-3H3,(H,37,39)/t28-,29+/m1/s1. The lowest BCUT2D eigenvalue weighted by Crippen LogP contribution is -2.51. The Morgan fingerprint density at radius 1 is 1.17 bits per heavy atom. The highest BCUT2D eigenvalue weighted by molar-refractivity contribution is 6.00. The molecule has 1 aliphatic rings. The van der Waals surface area contributed by atoms with Crippen LogP contribution in [0.5, 0.6) is 11.5 Å². The minimum absolute atomic E-state index is 0.0245. The second-order valence-corrected chi connectivity index (χ2v) is 10.5. The van der Waals surface area contributed by atoms with E-state index in [9.17, 15) is 31.9 Å². The van der Waals surface area contributed by atoms with Gasteiger partial charge in [0.05, 0.1) is 24.8 Å². The third kappa shape index (κ3) is 5.00. The summed E-state index contributed by atoms with van der Waals surface area (Å²) in [6, 6.07) is 10.2. The molecule has 1 amide bonds. The summed E-state index contributed by atoms with van der Waals surface area (Å²) in [7, 11) is 1.37. The second kappa shape index (κ2) is 10.5. The van der Waals surface area contributed by atoms with Gasteiger partial charge in [0.15, 0.2) is 0 Å². The van der Waals surface area contributed by atoms with Gasteiger partial charge in [-0.25, -0.2) is 13.8 Å². The summed E-state index contributed by atoms with van der Waals surface area (Å²) in [5, 5.41) is 13.9. The number of carbonyl (C=O) groups is 1. The van der Waals surface area contributed by atoms with Crippen LogP contribution in [0.4, 0.5) is 22.0 Å². The first-order valence-corrected chi connectivity index (χ1v) is 12.8. The number of methoxy groups -OCH3 is 1. The highest BCUT2D eigenvalue weighted by atomic mass is 19.4. The average Bonchev–Trinajstić information content (AvgIpc) is 3.31. The predicted octanol–water partition coefficient (Wildman–Crippen LogP) is 5.55. The van der Waals surface area contributed by atoms with Crippen molar-refractivity contribution in [3.8, 4) is 22.8 Å². The van der Waals surface area contributed by atoms with E-state index < -0.39 is 47.8 Å². The van der Waals surface area contributed by atoms with Crippen molar-refractivity contribution in [1.29, 1.82) is 0 Å². The normalized spacial score (nSPS) is 17.8. The Bertz CT molecular complexity index is 1680. The first-order chi connectivity index (χ1) is 19.8. The predicted molar refractivity (Wildman–Crippen MR) is 144 cm³/mol. The molecule has 4 aromatic rings. The number of aliphatic hydroxyl groups is 1. The molecule has 2 atom stereocenters. The third-order valence-electron chi connectivity index (χ3n) is 7.34. The Balaban J connectivity index is 1.57. The summed E-state index contributed by atoms with van der Waals surface area (Å²) in [6.07, 6.45) is -3.72. The molecule has 5 rings (SSSR count). The SMILES string of the molecule is COc1cc(C(=O)NC[C@](O)(c2cc3c(c(-c4ccc(F)cc4)n2)OC[C@@]3(C)CF)C(F)(F)F)cc2cc(C)cnc12. The van der Waals surface area contributed by atoms with Crippen LogP contribution in [-0.4, -0.2) is 54.1 Å². The van der Waals surface area contributed by atoms with E-state index in [-0.39, 0.29) is 40.5 Å². The number of pyridine rings is 2. The van der Waals surface area contributed by atoms with Crippen LogP contribution in [0.2, 0.25) is 0 Å². The Hall–Kier alpha value is -4.32. The van der Waals surface area contributed by atoms with Gasteiger partial charge in [-0.05, 0) is 67.9 Å². The van der Waals surface area contributed by atoms with Gasteiger partial charge < -0.3 is 19.9 Å². The first kappa shape index (κ1) is 29.2. The van der Waals surface area contributed by atoms with Gasteiger partial charge in [0.25, 0.3) is 5.91 Å². The Morgan fingerprint density at radius 3 is 2.52 bits per heavy atom. The number of hydrogen-bond donors (Lipinski definition) is 2. The number of carbonyl (C=O) groups excluding carboxylic acids is 1. The summed E-state index contributed by atoms with van der Waals surface area (Å²) < 4.78 is 82.5. The van der Waals surface area contributed by atoms with Crippen LogP contribution < -0.4 is 14.8 Å². The van der Waals surface area contributed by atoms with E-state index in [1.165, 1.54) is 38.3 Å². The number of hydrogen-bond acceptors (Lipinski definition) is 6. The van der Waals surface area contributed by atoms with Crippen molar-refractivity contribution in [1.82, 2.24) is 15.3 Å². The fraction of sp³-hybridized carbons (Fsp3) is 0.300. The molecule has 3 heterocycles. The van der Waals surface area contributed by atoms with Gasteiger partial charge in [-0.3, -0.25) is 9.78 Å². The fourth-order valence-corrected chi connectivity index (χ4v) is 4.82. The number of rotatable bonds is 7. The number of halogens is 5. The monoisotopic (exact) mass is 587 g/mol. The maximum Gasteiger partial charge on any atom is 0.424 e. The van der Waals surface area contributed by atoms with E-state index in [1.807, 2.05) is 0 Å².